The quantitative estimate of drug-likeness (QED) is 0.562. The van der Waals surface area contributed by atoms with Gasteiger partial charge in [-0.1, -0.05) is 50.0 Å². The van der Waals surface area contributed by atoms with Crippen LogP contribution in [-0.4, -0.2) is 31.7 Å². The van der Waals surface area contributed by atoms with E-state index in [1.54, 1.807) is 0 Å². The van der Waals surface area contributed by atoms with Crippen molar-refractivity contribution in [1.29, 1.82) is 0 Å². The molecule has 0 aromatic heterocycles. The molecule has 0 radical (unpaired) electrons. The number of rotatable bonds is 3. The Labute approximate surface area is 120 Å². The summed E-state index contributed by atoms with van der Waals surface area (Å²) in [4.78, 5) is 0. The predicted molar refractivity (Wildman–Crippen MR) is 87.0 cm³/mol. The van der Waals surface area contributed by atoms with E-state index < -0.39 is 8.07 Å². The summed E-state index contributed by atoms with van der Waals surface area (Å²) in [5, 5.41) is 0. The van der Waals surface area contributed by atoms with Gasteiger partial charge in [0.2, 0.25) is 0 Å². The first-order chi connectivity index (χ1) is 8.67. The van der Waals surface area contributed by atoms with E-state index in [0.29, 0.717) is 5.54 Å². The van der Waals surface area contributed by atoms with Crippen LogP contribution in [0, 0.1) is 0 Å². The van der Waals surface area contributed by atoms with Gasteiger partial charge in [0.15, 0.2) is 0 Å². The van der Waals surface area contributed by atoms with Crippen molar-refractivity contribution in [2.45, 2.75) is 57.5 Å². The van der Waals surface area contributed by atoms with Crippen LogP contribution < -0.4 is 0 Å². The van der Waals surface area contributed by atoms with Gasteiger partial charge in [0, 0.05) is 17.5 Å². The highest BCUT2D eigenvalue weighted by Gasteiger charge is 2.55. The molecule has 1 saturated heterocycles. The normalized spacial score (nSPS) is 30.5. The minimum Gasteiger partial charge on any atom is -0.318 e. The van der Waals surface area contributed by atoms with Crippen molar-refractivity contribution in [3.05, 3.63) is 35.9 Å². The zero-order valence-electron chi connectivity index (χ0n) is 13.5. The first-order valence-electron chi connectivity index (χ1n) is 7.55. The fourth-order valence-electron chi connectivity index (χ4n) is 4.19. The number of hydrogen-bond donors (Lipinski definition) is 0. The smallest absolute Gasteiger partial charge is 0.105 e. The molecule has 0 saturated carbocycles. The number of benzene rings is 1. The van der Waals surface area contributed by atoms with E-state index in [0.717, 1.165) is 5.54 Å². The number of nitrogens with zero attached hydrogens (tertiary/aromatic N) is 1. The maximum atomic E-state index is 2.54. The second-order valence-electron chi connectivity index (χ2n) is 8.12. The molecule has 1 heterocycles. The number of likely N-dealkylation sites (tertiary alicyclic amines) is 1. The van der Waals surface area contributed by atoms with E-state index in [4.69, 9.17) is 0 Å². The summed E-state index contributed by atoms with van der Waals surface area (Å²) in [6.45, 7) is 15.1. The van der Waals surface area contributed by atoms with Gasteiger partial charge in [-0.2, -0.15) is 0 Å². The van der Waals surface area contributed by atoms with Gasteiger partial charge in [-0.25, -0.2) is 0 Å². The average Bonchev–Trinajstić information content (AvgIpc) is 2.50. The highest BCUT2D eigenvalue weighted by molar-refractivity contribution is 6.77. The first kappa shape index (κ1) is 14.8. The number of hydrogen-bond acceptors (Lipinski definition) is 0. The SMILES string of the molecule is CC1(C)[C@@H]([Si](C)(C)C)CC[N@+]1(C)Cc1ccccc1. The second-order valence-corrected chi connectivity index (χ2v) is 13.6. The van der Waals surface area contributed by atoms with Gasteiger partial charge in [0.1, 0.15) is 6.54 Å². The van der Waals surface area contributed by atoms with Crippen LogP contribution in [0.2, 0.25) is 25.2 Å². The molecule has 2 rings (SSSR count). The van der Waals surface area contributed by atoms with E-state index in [1.165, 1.54) is 29.6 Å². The van der Waals surface area contributed by atoms with Crippen molar-refractivity contribution in [3.8, 4) is 0 Å². The van der Waals surface area contributed by atoms with Gasteiger partial charge >= 0.3 is 0 Å². The van der Waals surface area contributed by atoms with E-state index in [9.17, 15) is 0 Å². The van der Waals surface area contributed by atoms with Crippen molar-refractivity contribution in [1.82, 2.24) is 0 Å². The highest BCUT2D eigenvalue weighted by Crippen LogP contribution is 2.49. The zero-order chi connectivity index (χ0) is 14.3. The highest BCUT2D eigenvalue weighted by atomic mass is 28.3. The molecule has 0 aliphatic carbocycles. The summed E-state index contributed by atoms with van der Waals surface area (Å²) in [5.74, 6) is 0. The van der Waals surface area contributed by atoms with Gasteiger partial charge in [0.05, 0.1) is 27.2 Å². The van der Waals surface area contributed by atoms with E-state index >= 15 is 0 Å². The molecule has 2 atom stereocenters. The molecular formula is C17H30NSi+. The Bertz CT molecular complexity index is 432. The molecule has 1 fully saturated rings. The molecule has 106 valence electrons. The molecule has 1 aromatic carbocycles. The molecule has 0 N–H and O–H groups in total. The Morgan fingerprint density at radius 3 is 2.21 bits per heavy atom. The van der Waals surface area contributed by atoms with Gasteiger partial charge in [-0.15, -0.1) is 0 Å². The van der Waals surface area contributed by atoms with E-state index in [1.807, 2.05) is 0 Å². The summed E-state index contributed by atoms with van der Waals surface area (Å²) in [6, 6.07) is 11.0. The maximum Gasteiger partial charge on any atom is 0.105 e. The molecule has 19 heavy (non-hydrogen) atoms. The third-order valence-corrected chi connectivity index (χ3v) is 8.66. The van der Waals surface area contributed by atoms with Crippen LogP contribution in [0.3, 0.4) is 0 Å². The Balaban J connectivity index is 2.25. The largest absolute Gasteiger partial charge is 0.318 e. The van der Waals surface area contributed by atoms with E-state index in [-0.39, 0.29) is 0 Å². The molecule has 0 unspecified atom stereocenters. The monoisotopic (exact) mass is 276 g/mol. The third-order valence-electron chi connectivity index (χ3n) is 5.58. The zero-order valence-corrected chi connectivity index (χ0v) is 14.5. The minimum atomic E-state index is -1.08. The van der Waals surface area contributed by atoms with Crippen molar-refractivity contribution < 1.29 is 4.48 Å². The van der Waals surface area contributed by atoms with Crippen LogP contribution in [0.1, 0.15) is 25.8 Å². The van der Waals surface area contributed by atoms with Crippen LogP contribution in [0.25, 0.3) is 0 Å². The lowest BCUT2D eigenvalue weighted by atomic mass is 9.98. The lowest BCUT2D eigenvalue weighted by Gasteiger charge is -2.47. The Morgan fingerprint density at radius 1 is 1.16 bits per heavy atom. The van der Waals surface area contributed by atoms with Crippen LogP contribution in [0.15, 0.2) is 30.3 Å². The van der Waals surface area contributed by atoms with Crippen molar-refractivity contribution in [3.63, 3.8) is 0 Å². The van der Waals surface area contributed by atoms with Crippen LogP contribution >= 0.6 is 0 Å². The first-order valence-corrected chi connectivity index (χ1v) is 11.1. The van der Waals surface area contributed by atoms with Crippen molar-refractivity contribution >= 4 is 8.07 Å². The average molecular weight is 277 g/mol. The fraction of sp³-hybridized carbons (Fsp3) is 0.647. The fourth-order valence-corrected chi connectivity index (χ4v) is 7.62. The molecule has 1 aromatic rings. The summed E-state index contributed by atoms with van der Waals surface area (Å²) in [6.07, 6.45) is 1.41. The van der Waals surface area contributed by atoms with E-state index in [2.05, 4.69) is 70.9 Å². The molecule has 0 spiro atoms. The number of quaternary nitrogens is 1. The Hall–Kier alpha value is -0.603. The molecule has 1 aliphatic heterocycles. The predicted octanol–water partition coefficient (Wildman–Crippen LogP) is 4.52. The lowest BCUT2D eigenvalue weighted by molar-refractivity contribution is -0.955. The molecule has 2 heteroatoms. The third kappa shape index (κ3) is 2.66. The topological polar surface area (TPSA) is 0 Å². The van der Waals surface area contributed by atoms with Gasteiger partial charge < -0.3 is 4.48 Å². The maximum absolute atomic E-state index is 2.54. The van der Waals surface area contributed by atoms with Crippen LogP contribution in [0.5, 0.6) is 0 Å². The summed E-state index contributed by atoms with van der Waals surface area (Å²) in [7, 11) is 1.38. The Morgan fingerprint density at radius 2 is 1.74 bits per heavy atom. The summed E-state index contributed by atoms with van der Waals surface area (Å²) in [5.41, 5.74) is 2.81. The van der Waals surface area contributed by atoms with Gasteiger partial charge in [0.25, 0.3) is 0 Å². The van der Waals surface area contributed by atoms with Gasteiger partial charge in [-0.3, -0.25) is 0 Å². The van der Waals surface area contributed by atoms with Crippen molar-refractivity contribution in [2.24, 2.45) is 0 Å². The molecular weight excluding hydrogens is 246 g/mol. The second kappa shape index (κ2) is 4.74. The standard InChI is InChI=1S/C17H30NSi/c1-17(2)16(19(4,5)6)12-13-18(17,3)14-15-10-8-7-9-11-15/h7-11,16H,12-14H2,1-6H3/q+1/t16-,18+/m0/s1. The minimum absolute atomic E-state index is 0.403. The molecule has 0 bridgehead atoms. The molecule has 0 amide bonds. The summed E-state index contributed by atoms with van der Waals surface area (Å²) >= 11 is 0. The van der Waals surface area contributed by atoms with Crippen molar-refractivity contribution in [2.75, 3.05) is 13.6 Å². The Kier molecular flexibility index (Phi) is 3.70. The molecule has 1 aliphatic rings. The lowest BCUT2D eigenvalue weighted by Crippen LogP contribution is -2.57. The van der Waals surface area contributed by atoms with Gasteiger partial charge in [-0.05, 0) is 13.8 Å². The van der Waals surface area contributed by atoms with Crippen LogP contribution in [0.4, 0.5) is 0 Å². The summed E-state index contributed by atoms with van der Waals surface area (Å²) < 4.78 is 1.20. The molecule has 1 nitrogen and oxygen atoms in total. The van der Waals surface area contributed by atoms with Crippen LogP contribution in [-0.2, 0) is 6.54 Å².